The van der Waals surface area contributed by atoms with Gasteiger partial charge in [0.15, 0.2) is 0 Å². The van der Waals surface area contributed by atoms with Crippen molar-refractivity contribution in [3.8, 4) is 5.75 Å². The number of hydrogen-bond donors (Lipinski definition) is 0. The number of methoxy groups -OCH3 is 1. The fraction of sp³-hybridized carbons (Fsp3) is 0.333. The van der Waals surface area contributed by atoms with Crippen LogP contribution in [-0.2, 0) is 4.74 Å². The zero-order valence-electron chi connectivity index (χ0n) is 6.41. The SMILES string of the molecule is COc1ccc([C@H]2CO2)cc1. The fourth-order valence-corrected chi connectivity index (χ4v) is 1.06. The van der Waals surface area contributed by atoms with Crippen LogP contribution in [0.1, 0.15) is 11.7 Å². The van der Waals surface area contributed by atoms with E-state index < -0.39 is 0 Å². The predicted octanol–water partition coefficient (Wildman–Crippen LogP) is 1.77. The van der Waals surface area contributed by atoms with Gasteiger partial charge in [-0.25, -0.2) is 0 Å². The Morgan fingerprint density at radius 1 is 1.36 bits per heavy atom. The van der Waals surface area contributed by atoms with Crippen LogP contribution in [0.25, 0.3) is 0 Å². The van der Waals surface area contributed by atoms with E-state index in [2.05, 4.69) is 0 Å². The molecule has 0 N–H and O–H groups in total. The van der Waals surface area contributed by atoms with Crippen LogP contribution >= 0.6 is 0 Å². The monoisotopic (exact) mass is 150 g/mol. The molecular formula is C9H10O2. The molecule has 58 valence electrons. The maximum absolute atomic E-state index is 5.13. The number of ether oxygens (including phenoxy) is 2. The molecule has 1 aliphatic rings. The third-order valence-electron chi connectivity index (χ3n) is 1.82. The lowest BCUT2D eigenvalue weighted by molar-refractivity contribution is 0.409. The Kier molecular flexibility index (Phi) is 1.55. The van der Waals surface area contributed by atoms with Crippen molar-refractivity contribution in [2.75, 3.05) is 13.7 Å². The standard InChI is InChI=1S/C9H10O2/c1-10-8-4-2-7(3-5-8)9-6-11-9/h2-5,9H,6H2,1H3/t9-/m1/s1. The molecule has 1 aliphatic heterocycles. The third-order valence-corrected chi connectivity index (χ3v) is 1.82. The van der Waals surface area contributed by atoms with Crippen molar-refractivity contribution in [2.24, 2.45) is 0 Å². The van der Waals surface area contributed by atoms with Gasteiger partial charge in [-0.2, -0.15) is 0 Å². The van der Waals surface area contributed by atoms with Gasteiger partial charge < -0.3 is 9.47 Å². The molecule has 0 radical (unpaired) electrons. The Morgan fingerprint density at radius 3 is 2.45 bits per heavy atom. The van der Waals surface area contributed by atoms with Crippen LogP contribution in [-0.4, -0.2) is 13.7 Å². The van der Waals surface area contributed by atoms with Crippen molar-refractivity contribution >= 4 is 0 Å². The van der Waals surface area contributed by atoms with Gasteiger partial charge in [0.2, 0.25) is 0 Å². The molecule has 1 atom stereocenters. The van der Waals surface area contributed by atoms with Crippen LogP contribution < -0.4 is 4.74 Å². The first kappa shape index (κ1) is 6.68. The number of benzene rings is 1. The summed E-state index contributed by atoms with van der Waals surface area (Å²) < 4.78 is 10.2. The summed E-state index contributed by atoms with van der Waals surface area (Å²) in [4.78, 5) is 0. The van der Waals surface area contributed by atoms with Crippen molar-refractivity contribution in [2.45, 2.75) is 6.10 Å². The topological polar surface area (TPSA) is 21.8 Å². The molecule has 1 aromatic carbocycles. The molecule has 0 unspecified atom stereocenters. The van der Waals surface area contributed by atoms with Crippen LogP contribution in [0.15, 0.2) is 24.3 Å². The summed E-state index contributed by atoms with van der Waals surface area (Å²) in [6.07, 6.45) is 0.348. The highest BCUT2D eigenvalue weighted by Crippen LogP contribution is 2.30. The molecule has 11 heavy (non-hydrogen) atoms. The maximum atomic E-state index is 5.13. The van der Waals surface area contributed by atoms with Crippen molar-refractivity contribution in [1.29, 1.82) is 0 Å². The summed E-state index contributed by atoms with van der Waals surface area (Å²) in [5.41, 5.74) is 1.24. The Labute approximate surface area is 65.7 Å². The smallest absolute Gasteiger partial charge is 0.118 e. The highest BCUT2D eigenvalue weighted by atomic mass is 16.6. The minimum absolute atomic E-state index is 0.348. The molecule has 1 heterocycles. The van der Waals surface area contributed by atoms with Gasteiger partial charge >= 0.3 is 0 Å². The van der Waals surface area contributed by atoms with Gasteiger partial charge in [-0.3, -0.25) is 0 Å². The van der Waals surface area contributed by atoms with Gasteiger partial charge in [-0.1, -0.05) is 12.1 Å². The first-order valence-corrected chi connectivity index (χ1v) is 3.66. The lowest BCUT2D eigenvalue weighted by Gasteiger charge is -1.99. The van der Waals surface area contributed by atoms with E-state index in [-0.39, 0.29) is 0 Å². The Morgan fingerprint density at radius 2 is 2.00 bits per heavy atom. The predicted molar refractivity (Wildman–Crippen MR) is 41.7 cm³/mol. The van der Waals surface area contributed by atoms with Crippen LogP contribution in [0, 0.1) is 0 Å². The molecule has 1 aromatic rings. The van der Waals surface area contributed by atoms with E-state index in [1.807, 2.05) is 24.3 Å². The lowest BCUT2D eigenvalue weighted by Crippen LogP contribution is -1.83. The number of rotatable bonds is 2. The molecule has 0 amide bonds. The van der Waals surface area contributed by atoms with Gasteiger partial charge in [0, 0.05) is 0 Å². The van der Waals surface area contributed by atoms with Crippen molar-refractivity contribution in [3.63, 3.8) is 0 Å². The van der Waals surface area contributed by atoms with Crippen LogP contribution in [0.2, 0.25) is 0 Å². The van der Waals surface area contributed by atoms with Crippen LogP contribution in [0.5, 0.6) is 5.75 Å². The molecule has 0 aliphatic carbocycles. The van der Waals surface area contributed by atoms with Gasteiger partial charge in [-0.05, 0) is 17.7 Å². The summed E-state index contributed by atoms with van der Waals surface area (Å²) in [6, 6.07) is 7.99. The molecule has 2 rings (SSSR count). The zero-order chi connectivity index (χ0) is 7.68. The maximum Gasteiger partial charge on any atom is 0.118 e. The molecule has 1 fully saturated rings. The molecule has 0 bridgehead atoms. The summed E-state index contributed by atoms with van der Waals surface area (Å²) in [5, 5.41) is 0. The van der Waals surface area contributed by atoms with Crippen molar-refractivity contribution in [3.05, 3.63) is 29.8 Å². The average molecular weight is 150 g/mol. The van der Waals surface area contributed by atoms with E-state index in [1.165, 1.54) is 5.56 Å². The summed E-state index contributed by atoms with van der Waals surface area (Å²) in [7, 11) is 1.67. The molecular weight excluding hydrogens is 140 g/mol. The lowest BCUT2D eigenvalue weighted by atomic mass is 10.2. The minimum atomic E-state index is 0.348. The Bertz CT molecular complexity index is 236. The fourth-order valence-electron chi connectivity index (χ4n) is 1.06. The molecule has 0 saturated carbocycles. The highest BCUT2D eigenvalue weighted by molar-refractivity contribution is 5.29. The minimum Gasteiger partial charge on any atom is -0.497 e. The summed E-state index contributed by atoms with van der Waals surface area (Å²) in [6.45, 7) is 0.867. The molecule has 1 saturated heterocycles. The third kappa shape index (κ3) is 1.35. The Hall–Kier alpha value is -1.02. The van der Waals surface area contributed by atoms with E-state index in [0.717, 1.165) is 12.4 Å². The highest BCUT2D eigenvalue weighted by Gasteiger charge is 2.24. The quantitative estimate of drug-likeness (QED) is 0.599. The average Bonchev–Trinajstić information content (AvgIpc) is 2.87. The normalized spacial score (nSPS) is 21.4. The zero-order valence-corrected chi connectivity index (χ0v) is 6.41. The number of epoxide rings is 1. The van der Waals surface area contributed by atoms with Gasteiger partial charge in [0.05, 0.1) is 13.7 Å². The second-order valence-electron chi connectivity index (χ2n) is 2.60. The first-order chi connectivity index (χ1) is 5.40. The largest absolute Gasteiger partial charge is 0.497 e. The van der Waals surface area contributed by atoms with Crippen molar-refractivity contribution < 1.29 is 9.47 Å². The van der Waals surface area contributed by atoms with E-state index in [9.17, 15) is 0 Å². The van der Waals surface area contributed by atoms with Crippen LogP contribution in [0.4, 0.5) is 0 Å². The van der Waals surface area contributed by atoms with E-state index in [0.29, 0.717) is 6.10 Å². The van der Waals surface area contributed by atoms with E-state index >= 15 is 0 Å². The molecule has 0 spiro atoms. The van der Waals surface area contributed by atoms with Gasteiger partial charge in [0.1, 0.15) is 11.9 Å². The first-order valence-electron chi connectivity index (χ1n) is 3.66. The second kappa shape index (κ2) is 2.55. The van der Waals surface area contributed by atoms with E-state index in [4.69, 9.17) is 9.47 Å². The number of hydrogen-bond acceptors (Lipinski definition) is 2. The molecule has 2 heteroatoms. The summed E-state index contributed by atoms with van der Waals surface area (Å²) >= 11 is 0. The van der Waals surface area contributed by atoms with Crippen molar-refractivity contribution in [1.82, 2.24) is 0 Å². The summed E-state index contributed by atoms with van der Waals surface area (Å²) in [5.74, 6) is 0.898. The molecule has 2 nitrogen and oxygen atoms in total. The van der Waals surface area contributed by atoms with Gasteiger partial charge in [-0.15, -0.1) is 0 Å². The van der Waals surface area contributed by atoms with Crippen LogP contribution in [0.3, 0.4) is 0 Å². The molecule has 0 aromatic heterocycles. The second-order valence-corrected chi connectivity index (χ2v) is 2.60. The van der Waals surface area contributed by atoms with Gasteiger partial charge in [0.25, 0.3) is 0 Å². The Balaban J connectivity index is 2.19. The van der Waals surface area contributed by atoms with E-state index in [1.54, 1.807) is 7.11 Å².